The molecule has 1 N–H and O–H groups in total. The maximum atomic E-state index is 5.83. The van der Waals surface area contributed by atoms with Crippen LogP contribution in [0.4, 0.5) is 5.95 Å². The van der Waals surface area contributed by atoms with Crippen molar-refractivity contribution in [3.63, 3.8) is 0 Å². The highest BCUT2D eigenvalue weighted by atomic mass is 79.9. The second-order valence-electron chi connectivity index (χ2n) is 4.34. The zero-order chi connectivity index (χ0) is 14.7. The molecule has 0 atom stereocenters. The highest BCUT2D eigenvalue weighted by Crippen LogP contribution is 2.29. The van der Waals surface area contributed by atoms with E-state index in [4.69, 9.17) is 4.74 Å². The highest BCUT2D eigenvalue weighted by Gasteiger charge is 2.08. The number of anilines is 1. The highest BCUT2D eigenvalue weighted by molar-refractivity contribution is 9.10. The predicted molar refractivity (Wildman–Crippen MR) is 85.7 cm³/mol. The van der Waals surface area contributed by atoms with Crippen molar-refractivity contribution in [1.29, 1.82) is 0 Å². The Morgan fingerprint density at radius 3 is 3.00 bits per heavy atom. The van der Waals surface area contributed by atoms with Crippen molar-refractivity contribution in [2.75, 3.05) is 11.9 Å². The molecule has 106 valence electrons. The van der Waals surface area contributed by atoms with Gasteiger partial charge in [0.1, 0.15) is 5.75 Å². The van der Waals surface area contributed by atoms with Crippen LogP contribution in [0.3, 0.4) is 0 Å². The van der Waals surface area contributed by atoms with E-state index >= 15 is 0 Å². The standard InChI is InChI=1S/C15H13BrN4O/c1-2-17-15-19-9-12(16)14(20-15)21-11-6-5-10-4-3-7-18-13(10)8-11/h3-9H,2H2,1H3,(H,17,19,20). The second-order valence-corrected chi connectivity index (χ2v) is 5.19. The Labute approximate surface area is 130 Å². The van der Waals surface area contributed by atoms with E-state index in [1.165, 1.54) is 0 Å². The van der Waals surface area contributed by atoms with E-state index in [2.05, 4.69) is 36.2 Å². The number of ether oxygens (including phenoxy) is 1. The molecule has 0 saturated heterocycles. The van der Waals surface area contributed by atoms with E-state index in [1.807, 2.05) is 37.3 Å². The van der Waals surface area contributed by atoms with Crippen LogP contribution in [0.5, 0.6) is 11.6 Å². The molecule has 5 nitrogen and oxygen atoms in total. The first-order valence-electron chi connectivity index (χ1n) is 6.55. The van der Waals surface area contributed by atoms with Gasteiger partial charge in [0, 0.05) is 24.2 Å². The summed E-state index contributed by atoms with van der Waals surface area (Å²) in [6, 6.07) is 9.67. The van der Waals surface area contributed by atoms with Crippen molar-refractivity contribution in [2.24, 2.45) is 0 Å². The van der Waals surface area contributed by atoms with Crippen LogP contribution in [0.25, 0.3) is 10.9 Å². The van der Waals surface area contributed by atoms with Crippen LogP contribution in [0, 0.1) is 0 Å². The number of fused-ring (bicyclic) bond motifs is 1. The number of hydrogen-bond acceptors (Lipinski definition) is 5. The van der Waals surface area contributed by atoms with E-state index in [0.717, 1.165) is 17.4 Å². The molecule has 0 amide bonds. The third-order valence-electron chi connectivity index (χ3n) is 2.84. The summed E-state index contributed by atoms with van der Waals surface area (Å²) in [4.78, 5) is 12.8. The molecule has 0 spiro atoms. The Morgan fingerprint density at radius 2 is 2.14 bits per heavy atom. The number of aromatic nitrogens is 3. The zero-order valence-corrected chi connectivity index (χ0v) is 13.0. The van der Waals surface area contributed by atoms with E-state index in [0.29, 0.717) is 22.1 Å². The van der Waals surface area contributed by atoms with Crippen molar-refractivity contribution < 1.29 is 4.74 Å². The molecular formula is C15H13BrN4O. The lowest BCUT2D eigenvalue weighted by Crippen LogP contribution is -2.03. The minimum Gasteiger partial charge on any atom is -0.438 e. The lowest BCUT2D eigenvalue weighted by molar-refractivity contribution is 0.459. The maximum Gasteiger partial charge on any atom is 0.238 e. The minimum absolute atomic E-state index is 0.469. The molecule has 0 radical (unpaired) electrons. The van der Waals surface area contributed by atoms with Crippen molar-refractivity contribution in [3.05, 3.63) is 47.2 Å². The van der Waals surface area contributed by atoms with Crippen LogP contribution < -0.4 is 10.1 Å². The number of benzene rings is 1. The van der Waals surface area contributed by atoms with Gasteiger partial charge < -0.3 is 10.1 Å². The molecule has 6 heteroatoms. The molecule has 0 bridgehead atoms. The predicted octanol–water partition coefficient (Wildman–Crippen LogP) is 4.01. The van der Waals surface area contributed by atoms with Crippen molar-refractivity contribution in [3.8, 4) is 11.6 Å². The lowest BCUT2D eigenvalue weighted by atomic mass is 10.2. The van der Waals surface area contributed by atoms with Gasteiger partial charge in [-0.3, -0.25) is 4.98 Å². The summed E-state index contributed by atoms with van der Waals surface area (Å²) in [5.74, 6) is 1.69. The largest absolute Gasteiger partial charge is 0.438 e. The van der Waals surface area contributed by atoms with Crippen LogP contribution in [0.15, 0.2) is 47.2 Å². The van der Waals surface area contributed by atoms with Gasteiger partial charge in [-0.25, -0.2) is 4.98 Å². The first kappa shape index (κ1) is 13.8. The normalized spacial score (nSPS) is 10.6. The fourth-order valence-corrected chi connectivity index (χ4v) is 2.16. The molecule has 21 heavy (non-hydrogen) atoms. The third-order valence-corrected chi connectivity index (χ3v) is 3.38. The van der Waals surface area contributed by atoms with Gasteiger partial charge in [-0.2, -0.15) is 4.98 Å². The lowest BCUT2D eigenvalue weighted by Gasteiger charge is -2.09. The summed E-state index contributed by atoms with van der Waals surface area (Å²) < 4.78 is 6.53. The van der Waals surface area contributed by atoms with Gasteiger partial charge in [0.25, 0.3) is 0 Å². The smallest absolute Gasteiger partial charge is 0.238 e. The van der Waals surface area contributed by atoms with E-state index in [9.17, 15) is 0 Å². The summed E-state index contributed by atoms with van der Waals surface area (Å²) in [5.41, 5.74) is 0.882. The van der Waals surface area contributed by atoms with Gasteiger partial charge in [-0.05, 0) is 41.1 Å². The van der Waals surface area contributed by atoms with Crippen LogP contribution in [0.1, 0.15) is 6.92 Å². The molecule has 0 fully saturated rings. The molecule has 0 saturated carbocycles. The molecule has 0 aliphatic heterocycles. The molecular weight excluding hydrogens is 332 g/mol. The van der Waals surface area contributed by atoms with Crippen molar-refractivity contribution >= 4 is 32.8 Å². The monoisotopic (exact) mass is 344 g/mol. The number of rotatable bonds is 4. The topological polar surface area (TPSA) is 59.9 Å². The van der Waals surface area contributed by atoms with E-state index in [1.54, 1.807) is 12.4 Å². The summed E-state index contributed by atoms with van der Waals surface area (Å²) >= 11 is 3.40. The van der Waals surface area contributed by atoms with Gasteiger partial charge in [-0.15, -0.1) is 0 Å². The van der Waals surface area contributed by atoms with E-state index in [-0.39, 0.29) is 0 Å². The maximum absolute atomic E-state index is 5.83. The summed E-state index contributed by atoms with van der Waals surface area (Å²) in [7, 11) is 0. The van der Waals surface area contributed by atoms with Gasteiger partial charge >= 0.3 is 0 Å². The van der Waals surface area contributed by atoms with Crippen LogP contribution in [-0.2, 0) is 0 Å². The van der Waals surface area contributed by atoms with Gasteiger partial charge in [-0.1, -0.05) is 6.07 Å². The molecule has 3 rings (SSSR count). The second kappa shape index (κ2) is 6.05. The number of pyridine rings is 1. The summed E-state index contributed by atoms with van der Waals surface area (Å²) in [6.07, 6.45) is 3.43. The van der Waals surface area contributed by atoms with Gasteiger partial charge in [0.05, 0.1) is 16.2 Å². The Hall–Kier alpha value is -2.21. The minimum atomic E-state index is 0.469. The average molecular weight is 345 g/mol. The van der Waals surface area contributed by atoms with Gasteiger partial charge in [0.2, 0.25) is 11.8 Å². The van der Waals surface area contributed by atoms with Gasteiger partial charge in [0.15, 0.2) is 0 Å². The Balaban J connectivity index is 1.92. The molecule has 2 aromatic heterocycles. The quantitative estimate of drug-likeness (QED) is 0.774. The van der Waals surface area contributed by atoms with Crippen molar-refractivity contribution in [1.82, 2.24) is 15.0 Å². The van der Waals surface area contributed by atoms with Crippen LogP contribution in [-0.4, -0.2) is 21.5 Å². The first-order chi connectivity index (χ1) is 10.3. The first-order valence-corrected chi connectivity index (χ1v) is 7.34. The molecule has 2 heterocycles. The molecule has 1 aromatic carbocycles. The molecule has 0 aliphatic carbocycles. The summed E-state index contributed by atoms with van der Waals surface area (Å²) in [6.45, 7) is 2.74. The molecule has 0 unspecified atom stereocenters. The number of hydrogen-bond donors (Lipinski definition) is 1. The summed E-state index contributed by atoms with van der Waals surface area (Å²) in [5, 5.41) is 4.12. The number of nitrogens with one attached hydrogen (secondary N) is 1. The van der Waals surface area contributed by atoms with Crippen molar-refractivity contribution in [2.45, 2.75) is 6.92 Å². The number of halogens is 1. The Bertz CT molecular complexity index is 778. The number of nitrogens with zero attached hydrogens (tertiary/aromatic N) is 3. The zero-order valence-electron chi connectivity index (χ0n) is 11.4. The Morgan fingerprint density at radius 1 is 1.24 bits per heavy atom. The fourth-order valence-electron chi connectivity index (χ4n) is 1.89. The fraction of sp³-hybridized carbons (Fsp3) is 0.133. The van der Waals surface area contributed by atoms with Crippen LogP contribution in [0.2, 0.25) is 0 Å². The molecule has 3 aromatic rings. The average Bonchev–Trinajstić information content (AvgIpc) is 2.51. The van der Waals surface area contributed by atoms with Crippen LogP contribution >= 0.6 is 15.9 Å². The third kappa shape index (κ3) is 3.11. The SMILES string of the molecule is CCNc1ncc(Br)c(Oc2ccc3cccnc3c2)n1. The Kier molecular flexibility index (Phi) is 3.96. The molecule has 0 aliphatic rings. The van der Waals surface area contributed by atoms with E-state index < -0.39 is 0 Å².